The smallest absolute Gasteiger partial charge is 0.174 e. The first kappa shape index (κ1) is 8.45. The van der Waals surface area contributed by atoms with E-state index in [2.05, 4.69) is 15.8 Å². The van der Waals surface area contributed by atoms with Crippen molar-refractivity contribution in [3.63, 3.8) is 0 Å². The minimum Gasteiger partial charge on any atom is -0.272 e. The molecule has 1 heterocycles. The number of nitrogens with one attached hydrogen (secondary N) is 1. The van der Waals surface area contributed by atoms with Crippen LogP contribution in [-0.4, -0.2) is 26.1 Å². The summed E-state index contributed by atoms with van der Waals surface area (Å²) < 4.78 is 22.5. The van der Waals surface area contributed by atoms with Crippen LogP contribution >= 0.6 is 0 Å². The SMILES string of the molecule is CCCS(=O)(=O)C1CN=NN1. The Morgan fingerprint density at radius 3 is 2.82 bits per heavy atom. The molecule has 1 aliphatic heterocycles. The fourth-order valence-electron chi connectivity index (χ4n) is 0.882. The quantitative estimate of drug-likeness (QED) is 0.665. The van der Waals surface area contributed by atoms with Crippen molar-refractivity contribution in [3.8, 4) is 0 Å². The van der Waals surface area contributed by atoms with Crippen molar-refractivity contribution >= 4 is 9.84 Å². The molecular formula is C5H11N3O2S. The Morgan fingerprint density at radius 2 is 2.36 bits per heavy atom. The second kappa shape index (κ2) is 3.17. The number of sulfone groups is 1. The molecule has 0 saturated carbocycles. The molecule has 0 aromatic rings. The summed E-state index contributed by atoms with van der Waals surface area (Å²) in [5, 5.41) is 6.38. The molecule has 6 heteroatoms. The summed E-state index contributed by atoms with van der Waals surface area (Å²) in [5.41, 5.74) is 2.45. The molecule has 0 aromatic heterocycles. The monoisotopic (exact) mass is 177 g/mol. The van der Waals surface area contributed by atoms with Crippen LogP contribution in [0.1, 0.15) is 13.3 Å². The summed E-state index contributed by atoms with van der Waals surface area (Å²) in [6.45, 7) is 2.09. The maximum absolute atomic E-state index is 11.3. The summed E-state index contributed by atoms with van der Waals surface area (Å²) >= 11 is 0. The maximum Gasteiger partial charge on any atom is 0.174 e. The van der Waals surface area contributed by atoms with Crippen LogP contribution in [0.25, 0.3) is 0 Å². The van der Waals surface area contributed by atoms with Gasteiger partial charge in [-0.15, -0.1) is 0 Å². The molecular weight excluding hydrogens is 166 g/mol. The summed E-state index contributed by atoms with van der Waals surface area (Å²) in [6.07, 6.45) is 0.639. The van der Waals surface area contributed by atoms with Crippen LogP contribution in [0.3, 0.4) is 0 Å². The highest BCUT2D eigenvalue weighted by molar-refractivity contribution is 7.92. The molecule has 0 aromatic carbocycles. The summed E-state index contributed by atoms with van der Waals surface area (Å²) in [4.78, 5) is 0. The third-order valence-electron chi connectivity index (χ3n) is 1.44. The first-order valence-electron chi connectivity index (χ1n) is 3.50. The lowest BCUT2D eigenvalue weighted by Gasteiger charge is -2.07. The highest BCUT2D eigenvalue weighted by atomic mass is 32.2. The van der Waals surface area contributed by atoms with E-state index in [0.29, 0.717) is 6.42 Å². The van der Waals surface area contributed by atoms with Crippen LogP contribution < -0.4 is 5.43 Å². The molecule has 1 rings (SSSR count). The van der Waals surface area contributed by atoms with E-state index in [4.69, 9.17) is 0 Å². The standard InChI is InChI=1S/C5H11N3O2S/c1-2-3-11(9,10)5-4-6-8-7-5/h5H,2-4H2,1H3,(H,6,7). The highest BCUT2D eigenvalue weighted by Crippen LogP contribution is 2.06. The van der Waals surface area contributed by atoms with E-state index in [-0.39, 0.29) is 12.3 Å². The predicted octanol–water partition coefficient (Wildman–Crippen LogP) is 0.108. The van der Waals surface area contributed by atoms with Crippen LogP contribution in [0.2, 0.25) is 0 Å². The average molecular weight is 177 g/mol. The molecule has 1 unspecified atom stereocenters. The Balaban J connectivity index is 2.58. The van der Waals surface area contributed by atoms with Gasteiger partial charge in [0.1, 0.15) is 0 Å². The van der Waals surface area contributed by atoms with Gasteiger partial charge in [0.25, 0.3) is 0 Å². The molecule has 1 atom stereocenters. The van der Waals surface area contributed by atoms with E-state index in [1.54, 1.807) is 0 Å². The van der Waals surface area contributed by atoms with Crippen LogP contribution in [0.5, 0.6) is 0 Å². The molecule has 1 aliphatic rings. The molecule has 5 nitrogen and oxygen atoms in total. The number of hydrogen-bond acceptors (Lipinski definition) is 5. The van der Waals surface area contributed by atoms with Gasteiger partial charge in [0.15, 0.2) is 15.2 Å². The van der Waals surface area contributed by atoms with Crippen molar-refractivity contribution in [2.24, 2.45) is 10.3 Å². The third-order valence-corrected chi connectivity index (χ3v) is 3.54. The van der Waals surface area contributed by atoms with Gasteiger partial charge in [-0.05, 0) is 6.42 Å². The Bertz CT molecular complexity index is 238. The number of rotatable bonds is 3. The van der Waals surface area contributed by atoms with E-state index < -0.39 is 15.2 Å². The molecule has 0 bridgehead atoms. The summed E-state index contributed by atoms with van der Waals surface area (Å²) in [7, 11) is -3.01. The van der Waals surface area contributed by atoms with Gasteiger partial charge in [-0.3, -0.25) is 5.43 Å². The van der Waals surface area contributed by atoms with Crippen LogP contribution in [0, 0.1) is 0 Å². The van der Waals surface area contributed by atoms with Gasteiger partial charge in [0.05, 0.1) is 12.3 Å². The van der Waals surface area contributed by atoms with Crippen molar-refractivity contribution in [1.82, 2.24) is 5.43 Å². The molecule has 0 amide bonds. The molecule has 0 aliphatic carbocycles. The largest absolute Gasteiger partial charge is 0.272 e. The van der Waals surface area contributed by atoms with Crippen LogP contribution in [0.4, 0.5) is 0 Å². The third kappa shape index (κ3) is 1.89. The molecule has 11 heavy (non-hydrogen) atoms. The normalized spacial score (nSPS) is 23.5. The van der Waals surface area contributed by atoms with Gasteiger partial charge in [0.2, 0.25) is 0 Å². The fraction of sp³-hybridized carbons (Fsp3) is 1.00. The minimum absolute atomic E-state index is 0.204. The van der Waals surface area contributed by atoms with Crippen molar-refractivity contribution in [2.45, 2.75) is 18.7 Å². The Hall–Kier alpha value is -0.650. The van der Waals surface area contributed by atoms with Crippen molar-refractivity contribution in [1.29, 1.82) is 0 Å². The molecule has 0 fully saturated rings. The Labute approximate surface area is 65.8 Å². The van der Waals surface area contributed by atoms with Crippen molar-refractivity contribution in [2.75, 3.05) is 12.3 Å². The molecule has 64 valence electrons. The second-order valence-electron chi connectivity index (χ2n) is 2.41. The minimum atomic E-state index is -3.01. The first-order chi connectivity index (χ1) is 5.17. The maximum atomic E-state index is 11.3. The van der Waals surface area contributed by atoms with E-state index in [9.17, 15) is 8.42 Å². The van der Waals surface area contributed by atoms with Crippen LogP contribution in [0.15, 0.2) is 10.3 Å². The molecule has 0 spiro atoms. The van der Waals surface area contributed by atoms with Crippen molar-refractivity contribution < 1.29 is 8.42 Å². The van der Waals surface area contributed by atoms with E-state index in [1.165, 1.54) is 0 Å². The molecule has 0 saturated heterocycles. The van der Waals surface area contributed by atoms with Gasteiger partial charge in [-0.2, -0.15) is 5.11 Å². The predicted molar refractivity (Wildman–Crippen MR) is 40.7 cm³/mol. The zero-order valence-electron chi connectivity index (χ0n) is 6.32. The molecule has 1 N–H and O–H groups in total. The Morgan fingerprint density at radius 1 is 1.64 bits per heavy atom. The lowest BCUT2D eigenvalue weighted by atomic mass is 10.6. The fourth-order valence-corrected chi connectivity index (χ4v) is 2.24. The summed E-state index contributed by atoms with van der Waals surface area (Å²) in [6, 6.07) is 0. The second-order valence-corrected chi connectivity index (χ2v) is 4.71. The Kier molecular flexibility index (Phi) is 2.43. The molecule has 0 radical (unpaired) electrons. The van der Waals surface area contributed by atoms with Gasteiger partial charge in [0, 0.05) is 0 Å². The van der Waals surface area contributed by atoms with Gasteiger partial charge < -0.3 is 0 Å². The lowest BCUT2D eigenvalue weighted by molar-refractivity contribution is 0.570. The number of nitrogens with zero attached hydrogens (tertiary/aromatic N) is 2. The first-order valence-corrected chi connectivity index (χ1v) is 5.22. The topological polar surface area (TPSA) is 70.9 Å². The lowest BCUT2D eigenvalue weighted by Crippen LogP contribution is -2.33. The van der Waals surface area contributed by atoms with Gasteiger partial charge >= 0.3 is 0 Å². The van der Waals surface area contributed by atoms with Crippen LogP contribution in [-0.2, 0) is 9.84 Å². The van der Waals surface area contributed by atoms with E-state index in [0.717, 1.165) is 0 Å². The zero-order chi connectivity index (χ0) is 8.32. The average Bonchev–Trinajstić information content (AvgIpc) is 2.37. The summed E-state index contributed by atoms with van der Waals surface area (Å²) in [5.74, 6) is 0.204. The zero-order valence-corrected chi connectivity index (χ0v) is 7.13. The van der Waals surface area contributed by atoms with Crippen molar-refractivity contribution in [3.05, 3.63) is 0 Å². The van der Waals surface area contributed by atoms with Gasteiger partial charge in [-0.25, -0.2) is 8.42 Å². The number of hydrogen-bond donors (Lipinski definition) is 1. The van der Waals surface area contributed by atoms with E-state index in [1.807, 2.05) is 6.92 Å². The highest BCUT2D eigenvalue weighted by Gasteiger charge is 2.26. The van der Waals surface area contributed by atoms with E-state index >= 15 is 0 Å². The van der Waals surface area contributed by atoms with Gasteiger partial charge in [-0.1, -0.05) is 12.1 Å².